The first-order valence-electron chi connectivity index (χ1n) is 10.8. The number of amides is 1. The third kappa shape index (κ3) is 5.14. The standard InChI is InChI=1S/C23H25ClN4O4S/c24-21-7-4-19(16-22(21)33(30,31)28-12-14-32-15-13-28)23(29)27-9-1-8-26(10-11-27)20-5-2-18(17-25)3-6-20/h2-7,16H,1,8-15H2. The molecule has 4 rings (SSSR count). The maximum Gasteiger partial charge on any atom is 0.253 e. The number of nitriles is 1. The summed E-state index contributed by atoms with van der Waals surface area (Å²) in [7, 11) is -3.82. The van der Waals surface area contributed by atoms with Crippen LogP contribution in [0, 0.1) is 11.3 Å². The summed E-state index contributed by atoms with van der Waals surface area (Å²) in [5.74, 6) is -0.216. The summed E-state index contributed by atoms with van der Waals surface area (Å²) < 4.78 is 32.8. The van der Waals surface area contributed by atoms with E-state index in [4.69, 9.17) is 21.6 Å². The summed E-state index contributed by atoms with van der Waals surface area (Å²) in [6, 6.07) is 14.0. The van der Waals surface area contributed by atoms with Crippen LogP contribution in [0.2, 0.25) is 5.02 Å². The molecule has 1 amide bonds. The number of halogens is 1. The average molecular weight is 489 g/mol. The number of hydrogen-bond acceptors (Lipinski definition) is 6. The van der Waals surface area contributed by atoms with Gasteiger partial charge in [-0.1, -0.05) is 11.6 Å². The monoisotopic (exact) mass is 488 g/mol. The van der Waals surface area contributed by atoms with E-state index >= 15 is 0 Å². The van der Waals surface area contributed by atoms with E-state index in [9.17, 15) is 13.2 Å². The van der Waals surface area contributed by atoms with Crippen molar-refractivity contribution in [3.8, 4) is 6.07 Å². The predicted molar refractivity (Wildman–Crippen MR) is 125 cm³/mol. The zero-order valence-corrected chi connectivity index (χ0v) is 19.7. The van der Waals surface area contributed by atoms with E-state index in [0.29, 0.717) is 44.0 Å². The molecule has 2 saturated heterocycles. The van der Waals surface area contributed by atoms with E-state index in [1.54, 1.807) is 23.1 Å². The Bertz CT molecular complexity index is 1160. The number of sulfonamides is 1. The van der Waals surface area contributed by atoms with Gasteiger partial charge in [0.15, 0.2) is 0 Å². The number of carbonyl (C=O) groups is 1. The van der Waals surface area contributed by atoms with E-state index in [1.807, 2.05) is 12.1 Å². The van der Waals surface area contributed by atoms with Crippen molar-refractivity contribution in [2.75, 3.05) is 57.4 Å². The summed E-state index contributed by atoms with van der Waals surface area (Å²) in [6.45, 7) is 3.68. The van der Waals surface area contributed by atoms with Crippen molar-refractivity contribution >= 4 is 33.2 Å². The lowest BCUT2D eigenvalue weighted by Crippen LogP contribution is -2.40. The van der Waals surface area contributed by atoms with Gasteiger partial charge in [-0.05, 0) is 48.9 Å². The molecule has 174 valence electrons. The Balaban J connectivity index is 1.50. The second-order valence-corrected chi connectivity index (χ2v) is 10.3. The third-order valence-electron chi connectivity index (χ3n) is 5.91. The zero-order valence-electron chi connectivity index (χ0n) is 18.1. The zero-order chi connectivity index (χ0) is 23.4. The Kier molecular flexibility index (Phi) is 7.20. The normalized spacial score (nSPS) is 17.9. The molecule has 0 N–H and O–H groups in total. The maximum absolute atomic E-state index is 13.2. The molecule has 2 aliphatic heterocycles. The Labute approximate surface area is 199 Å². The Morgan fingerprint density at radius 1 is 0.970 bits per heavy atom. The molecule has 2 heterocycles. The molecule has 0 aliphatic carbocycles. The molecule has 2 aliphatic rings. The number of rotatable bonds is 4. The molecule has 2 aromatic rings. The highest BCUT2D eigenvalue weighted by molar-refractivity contribution is 7.89. The van der Waals surface area contributed by atoms with Gasteiger partial charge in [-0.3, -0.25) is 4.79 Å². The first-order valence-corrected chi connectivity index (χ1v) is 12.6. The quantitative estimate of drug-likeness (QED) is 0.656. The van der Waals surface area contributed by atoms with Crippen LogP contribution >= 0.6 is 11.6 Å². The second-order valence-electron chi connectivity index (χ2n) is 7.95. The number of morpholine rings is 1. The molecule has 0 radical (unpaired) electrons. The smallest absolute Gasteiger partial charge is 0.253 e. The van der Waals surface area contributed by atoms with Crippen LogP contribution in [0.3, 0.4) is 0 Å². The summed E-state index contributed by atoms with van der Waals surface area (Å²) in [5.41, 5.74) is 1.92. The fourth-order valence-corrected chi connectivity index (χ4v) is 5.98. The Hall–Kier alpha value is -2.64. The number of benzene rings is 2. The summed E-state index contributed by atoms with van der Waals surface area (Å²) in [6.07, 6.45) is 0.776. The Morgan fingerprint density at radius 2 is 1.70 bits per heavy atom. The van der Waals surface area contributed by atoms with Gasteiger partial charge in [0, 0.05) is 50.5 Å². The van der Waals surface area contributed by atoms with Crippen molar-refractivity contribution in [3.63, 3.8) is 0 Å². The van der Waals surface area contributed by atoms with Crippen LogP contribution in [-0.2, 0) is 14.8 Å². The van der Waals surface area contributed by atoms with Gasteiger partial charge in [0.05, 0.1) is 29.9 Å². The number of nitrogens with zero attached hydrogens (tertiary/aromatic N) is 4. The lowest BCUT2D eigenvalue weighted by molar-refractivity contribution is 0.0730. The summed E-state index contributed by atoms with van der Waals surface area (Å²) in [4.78, 5) is 17.1. The molecule has 8 nitrogen and oxygen atoms in total. The number of hydrogen-bond donors (Lipinski definition) is 0. The van der Waals surface area contributed by atoms with Crippen LogP contribution in [0.1, 0.15) is 22.3 Å². The van der Waals surface area contributed by atoms with Crippen LogP contribution in [0.15, 0.2) is 47.4 Å². The van der Waals surface area contributed by atoms with Gasteiger partial charge in [0.25, 0.3) is 5.91 Å². The van der Waals surface area contributed by atoms with Gasteiger partial charge in [0.2, 0.25) is 10.0 Å². The summed E-state index contributed by atoms with van der Waals surface area (Å²) >= 11 is 6.24. The van der Waals surface area contributed by atoms with Crippen molar-refractivity contribution in [2.45, 2.75) is 11.3 Å². The van der Waals surface area contributed by atoms with E-state index in [2.05, 4.69) is 11.0 Å². The number of anilines is 1. The lowest BCUT2D eigenvalue weighted by atomic mass is 10.2. The van der Waals surface area contributed by atoms with E-state index in [1.165, 1.54) is 16.4 Å². The molecular formula is C23H25ClN4O4S. The molecule has 0 unspecified atom stereocenters. The van der Waals surface area contributed by atoms with Crippen LogP contribution in [0.25, 0.3) is 0 Å². The highest BCUT2D eigenvalue weighted by atomic mass is 35.5. The SMILES string of the molecule is N#Cc1ccc(N2CCCN(C(=O)c3ccc(Cl)c(S(=O)(=O)N4CCOCC4)c3)CC2)cc1. The van der Waals surface area contributed by atoms with Gasteiger partial charge in [-0.2, -0.15) is 9.57 Å². The second kappa shape index (κ2) is 10.1. The molecular weight excluding hydrogens is 464 g/mol. The van der Waals surface area contributed by atoms with Crippen LogP contribution < -0.4 is 4.90 Å². The molecule has 0 atom stereocenters. The fraction of sp³-hybridized carbons (Fsp3) is 0.391. The Morgan fingerprint density at radius 3 is 2.39 bits per heavy atom. The number of carbonyl (C=O) groups excluding carboxylic acids is 1. The number of ether oxygens (including phenoxy) is 1. The molecule has 2 fully saturated rings. The van der Waals surface area contributed by atoms with Gasteiger partial charge in [-0.15, -0.1) is 0 Å². The minimum atomic E-state index is -3.82. The van der Waals surface area contributed by atoms with Gasteiger partial charge < -0.3 is 14.5 Å². The highest BCUT2D eigenvalue weighted by Crippen LogP contribution is 2.27. The van der Waals surface area contributed by atoms with E-state index in [-0.39, 0.29) is 28.9 Å². The minimum Gasteiger partial charge on any atom is -0.379 e. The highest BCUT2D eigenvalue weighted by Gasteiger charge is 2.30. The van der Waals surface area contributed by atoms with Crippen LogP contribution in [0.4, 0.5) is 5.69 Å². The fourth-order valence-electron chi connectivity index (χ4n) is 4.07. The van der Waals surface area contributed by atoms with Crippen molar-refractivity contribution in [1.82, 2.24) is 9.21 Å². The molecule has 2 aromatic carbocycles. The largest absolute Gasteiger partial charge is 0.379 e. The van der Waals surface area contributed by atoms with Crippen molar-refractivity contribution < 1.29 is 17.9 Å². The van der Waals surface area contributed by atoms with E-state index in [0.717, 1.165) is 18.7 Å². The molecule has 0 bridgehead atoms. The lowest BCUT2D eigenvalue weighted by Gasteiger charge is -2.27. The molecule has 33 heavy (non-hydrogen) atoms. The molecule has 10 heteroatoms. The maximum atomic E-state index is 13.2. The third-order valence-corrected chi connectivity index (χ3v) is 8.29. The minimum absolute atomic E-state index is 0.0500. The van der Waals surface area contributed by atoms with Crippen LogP contribution in [0.5, 0.6) is 0 Å². The summed E-state index contributed by atoms with van der Waals surface area (Å²) in [5, 5.41) is 9.08. The van der Waals surface area contributed by atoms with Crippen molar-refractivity contribution in [3.05, 3.63) is 58.6 Å². The topological polar surface area (TPSA) is 93.9 Å². The van der Waals surface area contributed by atoms with E-state index < -0.39 is 10.0 Å². The molecule has 0 aromatic heterocycles. The first-order chi connectivity index (χ1) is 15.9. The van der Waals surface area contributed by atoms with Gasteiger partial charge >= 0.3 is 0 Å². The van der Waals surface area contributed by atoms with Gasteiger partial charge in [0.1, 0.15) is 4.90 Å². The molecule has 0 spiro atoms. The predicted octanol–water partition coefficient (Wildman–Crippen LogP) is 2.59. The van der Waals surface area contributed by atoms with Gasteiger partial charge in [-0.25, -0.2) is 8.42 Å². The average Bonchev–Trinajstić information content (AvgIpc) is 3.11. The first kappa shape index (κ1) is 23.5. The molecule has 0 saturated carbocycles. The van der Waals surface area contributed by atoms with Crippen molar-refractivity contribution in [1.29, 1.82) is 5.26 Å². The van der Waals surface area contributed by atoms with Crippen molar-refractivity contribution in [2.24, 2.45) is 0 Å². The van der Waals surface area contributed by atoms with Crippen LogP contribution in [-0.4, -0.2) is 76.0 Å².